The van der Waals surface area contributed by atoms with Gasteiger partial charge in [0.2, 0.25) is 0 Å². The van der Waals surface area contributed by atoms with Crippen LogP contribution in [0, 0.1) is 5.82 Å². The maximum absolute atomic E-state index is 14.0. The molecular weight excluding hydrogens is 433 g/mol. The van der Waals surface area contributed by atoms with Gasteiger partial charge in [0.15, 0.2) is 12.2 Å². The average molecular weight is 456 g/mol. The fraction of sp³-hybridized carbons (Fsp3) is 0.304. The fourth-order valence-corrected chi connectivity index (χ4v) is 4.99. The number of guanidine groups is 1. The minimum Gasteiger partial charge on any atom is -0.485 e. The lowest BCUT2D eigenvalue weighted by atomic mass is 9.75. The van der Waals surface area contributed by atoms with Crippen LogP contribution in [0.25, 0.3) is 11.1 Å². The van der Waals surface area contributed by atoms with Crippen LogP contribution in [0.5, 0.6) is 5.75 Å². The molecule has 3 unspecified atom stereocenters. The Morgan fingerprint density at radius 2 is 2.09 bits per heavy atom. The summed E-state index contributed by atoms with van der Waals surface area (Å²) in [6.45, 7) is 2.44. The SMILES string of the molecule is CN1C(N)=NC2(CC(C)(Cn3cccn3)Oc3ccc(-c4cc(F)cc(Cl)c4)cc32)C1O. The smallest absolute Gasteiger partial charge is 0.194 e. The van der Waals surface area contributed by atoms with E-state index < -0.39 is 23.2 Å². The molecule has 2 aliphatic rings. The van der Waals surface area contributed by atoms with Crippen LogP contribution < -0.4 is 10.5 Å². The molecule has 0 fully saturated rings. The van der Waals surface area contributed by atoms with Crippen LogP contribution in [0.3, 0.4) is 0 Å². The second kappa shape index (κ2) is 7.21. The fourth-order valence-electron chi connectivity index (χ4n) is 4.77. The number of aromatic nitrogens is 2. The van der Waals surface area contributed by atoms with Crippen molar-refractivity contribution in [3.63, 3.8) is 0 Å². The topological polar surface area (TPSA) is 88.9 Å². The summed E-state index contributed by atoms with van der Waals surface area (Å²) in [5.74, 6) is 0.403. The van der Waals surface area contributed by atoms with Crippen LogP contribution in [0.4, 0.5) is 4.39 Å². The van der Waals surface area contributed by atoms with Crippen molar-refractivity contribution in [2.24, 2.45) is 10.7 Å². The van der Waals surface area contributed by atoms with Crippen molar-refractivity contribution >= 4 is 17.6 Å². The molecule has 3 aromatic rings. The van der Waals surface area contributed by atoms with Crippen LogP contribution >= 0.6 is 11.6 Å². The van der Waals surface area contributed by atoms with Crippen molar-refractivity contribution in [3.05, 3.63) is 71.3 Å². The minimum absolute atomic E-state index is 0.242. The van der Waals surface area contributed by atoms with Gasteiger partial charge in [-0.2, -0.15) is 5.10 Å². The first kappa shape index (κ1) is 20.8. The molecule has 1 spiro atoms. The summed E-state index contributed by atoms with van der Waals surface area (Å²) in [5.41, 5.74) is 6.42. The number of nitrogens with zero attached hydrogens (tertiary/aromatic N) is 4. The van der Waals surface area contributed by atoms with E-state index in [9.17, 15) is 9.50 Å². The number of halogens is 2. The number of fused-ring (bicyclic) bond motifs is 2. The Bertz CT molecular complexity index is 1200. The van der Waals surface area contributed by atoms with E-state index in [1.54, 1.807) is 28.9 Å². The molecule has 0 saturated heterocycles. The van der Waals surface area contributed by atoms with Crippen LogP contribution in [0.2, 0.25) is 5.02 Å². The molecule has 5 rings (SSSR count). The minimum atomic E-state index is -1.05. The zero-order chi connectivity index (χ0) is 22.7. The first-order chi connectivity index (χ1) is 15.2. The van der Waals surface area contributed by atoms with Gasteiger partial charge in [0.05, 0.1) is 6.54 Å². The van der Waals surface area contributed by atoms with Crippen molar-refractivity contribution in [1.29, 1.82) is 0 Å². The number of likely N-dealkylation sites (N-methyl/N-ethyl adjacent to an activating group) is 1. The third kappa shape index (κ3) is 3.30. The van der Waals surface area contributed by atoms with Crippen molar-refractivity contribution in [3.8, 4) is 16.9 Å². The van der Waals surface area contributed by atoms with Gasteiger partial charge in [0, 0.05) is 36.4 Å². The summed E-state index contributed by atoms with van der Waals surface area (Å²) >= 11 is 6.07. The highest BCUT2D eigenvalue weighted by atomic mass is 35.5. The molecule has 3 heterocycles. The number of rotatable bonds is 3. The molecule has 0 amide bonds. The second-order valence-corrected chi connectivity index (χ2v) is 9.12. The first-order valence-corrected chi connectivity index (χ1v) is 10.6. The van der Waals surface area contributed by atoms with Crippen molar-refractivity contribution in [2.75, 3.05) is 7.05 Å². The van der Waals surface area contributed by atoms with Gasteiger partial charge in [0.1, 0.15) is 22.7 Å². The van der Waals surface area contributed by atoms with Crippen LogP contribution in [0.15, 0.2) is 59.9 Å². The molecule has 0 bridgehead atoms. The Labute approximate surface area is 189 Å². The van der Waals surface area contributed by atoms with E-state index in [-0.39, 0.29) is 5.96 Å². The van der Waals surface area contributed by atoms with Gasteiger partial charge in [0.25, 0.3) is 0 Å². The maximum Gasteiger partial charge on any atom is 0.194 e. The predicted octanol–water partition coefficient (Wildman–Crippen LogP) is 3.36. The van der Waals surface area contributed by atoms with E-state index >= 15 is 0 Å². The quantitative estimate of drug-likeness (QED) is 0.632. The van der Waals surface area contributed by atoms with Gasteiger partial charge in [-0.25, -0.2) is 9.38 Å². The second-order valence-electron chi connectivity index (χ2n) is 8.68. The molecule has 0 radical (unpaired) electrons. The average Bonchev–Trinajstić information content (AvgIpc) is 3.30. The van der Waals surface area contributed by atoms with Gasteiger partial charge in [-0.1, -0.05) is 17.7 Å². The third-order valence-electron chi connectivity index (χ3n) is 6.17. The first-order valence-electron chi connectivity index (χ1n) is 10.2. The number of aliphatic imine (C=N–C) groups is 1. The molecule has 2 aromatic carbocycles. The molecule has 1 aromatic heterocycles. The Morgan fingerprint density at radius 3 is 2.75 bits per heavy atom. The van der Waals surface area contributed by atoms with Gasteiger partial charge in [-0.3, -0.25) is 4.68 Å². The zero-order valence-electron chi connectivity index (χ0n) is 17.7. The summed E-state index contributed by atoms with van der Waals surface area (Å²) < 4.78 is 22.2. The summed E-state index contributed by atoms with van der Waals surface area (Å²) in [6, 6.07) is 11.8. The van der Waals surface area contributed by atoms with E-state index in [0.29, 0.717) is 34.9 Å². The predicted molar refractivity (Wildman–Crippen MR) is 120 cm³/mol. The maximum atomic E-state index is 14.0. The van der Waals surface area contributed by atoms with Gasteiger partial charge in [-0.05, 0) is 54.4 Å². The Hall–Kier alpha value is -3.10. The molecule has 2 aliphatic heterocycles. The number of ether oxygens (including phenoxy) is 1. The standard InChI is InChI=1S/C23H23ClFN5O2/c1-22(13-30-7-3-6-27-30)12-23(20(31)29(2)21(26)28-23)18-10-14(4-5-19(18)32-22)15-8-16(24)11-17(25)9-15/h3-11,20,31H,12-13H2,1-2H3,(H2,26,28). The number of hydrogen-bond donors (Lipinski definition) is 2. The third-order valence-corrected chi connectivity index (χ3v) is 6.38. The number of aliphatic hydroxyl groups excluding tert-OH is 1. The number of aliphatic hydroxyl groups is 1. The largest absolute Gasteiger partial charge is 0.485 e. The highest BCUT2D eigenvalue weighted by Crippen LogP contribution is 2.51. The molecule has 166 valence electrons. The highest BCUT2D eigenvalue weighted by molar-refractivity contribution is 6.30. The molecule has 0 aliphatic carbocycles. The van der Waals surface area contributed by atoms with Crippen molar-refractivity contribution in [2.45, 2.75) is 37.3 Å². The van der Waals surface area contributed by atoms with E-state index in [1.165, 1.54) is 12.1 Å². The summed E-state index contributed by atoms with van der Waals surface area (Å²) in [5, 5.41) is 15.9. The summed E-state index contributed by atoms with van der Waals surface area (Å²) in [4.78, 5) is 6.29. The van der Waals surface area contributed by atoms with Gasteiger partial charge >= 0.3 is 0 Å². The molecule has 3 N–H and O–H groups in total. The van der Waals surface area contributed by atoms with Gasteiger partial charge in [-0.15, -0.1) is 0 Å². The summed E-state index contributed by atoms with van der Waals surface area (Å²) in [6.07, 6.45) is 2.95. The Balaban J connectivity index is 1.65. The van der Waals surface area contributed by atoms with E-state index in [0.717, 1.165) is 5.56 Å². The van der Waals surface area contributed by atoms with Gasteiger partial charge < -0.3 is 20.5 Å². The lowest BCUT2D eigenvalue weighted by molar-refractivity contribution is -0.0551. The number of benzene rings is 2. The normalized spacial score (nSPS) is 26.7. The van der Waals surface area contributed by atoms with E-state index in [4.69, 9.17) is 27.1 Å². The van der Waals surface area contributed by atoms with Crippen LogP contribution in [-0.2, 0) is 12.1 Å². The van der Waals surface area contributed by atoms with E-state index in [2.05, 4.69) is 5.10 Å². The van der Waals surface area contributed by atoms with Crippen molar-refractivity contribution < 1.29 is 14.2 Å². The molecular formula is C23H23ClFN5O2. The molecule has 32 heavy (non-hydrogen) atoms. The molecule has 7 nitrogen and oxygen atoms in total. The van der Waals surface area contributed by atoms with E-state index in [1.807, 2.05) is 37.4 Å². The Kier molecular flexibility index (Phi) is 4.69. The van der Waals surface area contributed by atoms with Crippen LogP contribution in [-0.4, -0.2) is 44.6 Å². The zero-order valence-corrected chi connectivity index (χ0v) is 18.4. The Morgan fingerprint density at radius 1 is 1.28 bits per heavy atom. The van der Waals surface area contributed by atoms with Crippen LogP contribution in [0.1, 0.15) is 18.9 Å². The number of nitrogens with two attached hydrogens (primary N) is 1. The summed E-state index contributed by atoms with van der Waals surface area (Å²) in [7, 11) is 1.70. The highest BCUT2D eigenvalue weighted by Gasteiger charge is 2.56. The number of hydrogen-bond acceptors (Lipinski definition) is 6. The molecule has 3 atom stereocenters. The lowest BCUT2D eigenvalue weighted by Gasteiger charge is -2.45. The molecule has 0 saturated carbocycles. The molecule has 9 heteroatoms. The monoisotopic (exact) mass is 455 g/mol. The lowest BCUT2D eigenvalue weighted by Crippen LogP contribution is -2.54. The van der Waals surface area contributed by atoms with Crippen molar-refractivity contribution in [1.82, 2.24) is 14.7 Å².